The molecule has 3 heterocycles. The molecule has 106 valence electrons. The first-order chi connectivity index (χ1) is 10.2. The Morgan fingerprint density at radius 2 is 2.24 bits per heavy atom. The lowest BCUT2D eigenvalue weighted by molar-refractivity contribution is 0.173. The zero-order valence-electron chi connectivity index (χ0n) is 10.7. The van der Waals surface area contributed by atoms with Crippen molar-refractivity contribution in [2.75, 3.05) is 6.79 Å². The minimum Gasteiger partial charge on any atom is -0.454 e. The third-order valence-corrected chi connectivity index (χ3v) is 4.10. The fourth-order valence-electron chi connectivity index (χ4n) is 2.38. The SMILES string of the molecule is Fc1cnc2c(c1)c(I)nn2Cc1cccc2c1OCO2. The van der Waals surface area contributed by atoms with Crippen LogP contribution in [-0.4, -0.2) is 21.6 Å². The topological polar surface area (TPSA) is 49.2 Å². The summed E-state index contributed by atoms with van der Waals surface area (Å²) in [5.41, 5.74) is 1.61. The van der Waals surface area contributed by atoms with Gasteiger partial charge in [-0.1, -0.05) is 12.1 Å². The molecule has 0 spiro atoms. The monoisotopic (exact) mass is 397 g/mol. The summed E-state index contributed by atoms with van der Waals surface area (Å²) >= 11 is 2.08. The van der Waals surface area contributed by atoms with Gasteiger partial charge in [0.05, 0.1) is 18.1 Å². The highest BCUT2D eigenvalue weighted by Crippen LogP contribution is 2.36. The summed E-state index contributed by atoms with van der Waals surface area (Å²) in [5, 5.41) is 5.14. The van der Waals surface area contributed by atoms with Crippen molar-refractivity contribution in [3.63, 3.8) is 0 Å². The molecule has 0 atom stereocenters. The second-order valence-corrected chi connectivity index (χ2v) is 5.65. The van der Waals surface area contributed by atoms with Gasteiger partial charge < -0.3 is 9.47 Å². The lowest BCUT2D eigenvalue weighted by atomic mass is 10.2. The number of hydrogen-bond acceptors (Lipinski definition) is 4. The number of ether oxygens (including phenoxy) is 2. The van der Waals surface area contributed by atoms with E-state index in [1.54, 1.807) is 4.68 Å². The van der Waals surface area contributed by atoms with Crippen molar-refractivity contribution in [1.29, 1.82) is 0 Å². The number of nitrogens with zero attached hydrogens (tertiary/aromatic N) is 3. The number of benzene rings is 1. The first-order valence-corrected chi connectivity index (χ1v) is 7.35. The number of aromatic nitrogens is 3. The largest absolute Gasteiger partial charge is 0.454 e. The van der Waals surface area contributed by atoms with Gasteiger partial charge >= 0.3 is 0 Å². The van der Waals surface area contributed by atoms with Crippen molar-refractivity contribution in [2.24, 2.45) is 0 Å². The Morgan fingerprint density at radius 3 is 3.14 bits per heavy atom. The van der Waals surface area contributed by atoms with Crippen molar-refractivity contribution < 1.29 is 13.9 Å². The maximum atomic E-state index is 13.3. The number of pyridine rings is 1. The summed E-state index contributed by atoms with van der Waals surface area (Å²) in [6.45, 7) is 0.720. The van der Waals surface area contributed by atoms with Crippen LogP contribution in [0.15, 0.2) is 30.5 Å². The minimum absolute atomic E-state index is 0.229. The Kier molecular flexibility index (Phi) is 2.95. The van der Waals surface area contributed by atoms with Crippen molar-refractivity contribution in [2.45, 2.75) is 6.54 Å². The molecular formula is C14H9FIN3O2. The molecule has 0 saturated carbocycles. The fourth-order valence-corrected chi connectivity index (χ4v) is 3.04. The Balaban J connectivity index is 1.80. The highest BCUT2D eigenvalue weighted by Gasteiger charge is 2.19. The Bertz CT molecular complexity index is 850. The van der Waals surface area contributed by atoms with E-state index in [0.717, 1.165) is 20.8 Å². The molecule has 0 N–H and O–H groups in total. The molecule has 1 aliphatic heterocycles. The molecule has 0 saturated heterocycles. The Labute approximate surface area is 132 Å². The average Bonchev–Trinajstić information content (AvgIpc) is 3.06. The van der Waals surface area contributed by atoms with Crippen LogP contribution in [-0.2, 0) is 6.54 Å². The molecule has 4 rings (SSSR count). The maximum Gasteiger partial charge on any atom is 0.231 e. The predicted molar refractivity (Wildman–Crippen MR) is 81.9 cm³/mol. The average molecular weight is 397 g/mol. The van der Waals surface area contributed by atoms with Gasteiger partial charge in [0.2, 0.25) is 6.79 Å². The highest BCUT2D eigenvalue weighted by molar-refractivity contribution is 14.1. The van der Waals surface area contributed by atoms with E-state index in [-0.39, 0.29) is 12.6 Å². The summed E-state index contributed by atoms with van der Waals surface area (Å²) in [6, 6.07) is 7.18. The van der Waals surface area contributed by atoms with Gasteiger partial charge in [-0.25, -0.2) is 14.1 Å². The summed E-state index contributed by atoms with van der Waals surface area (Å²) in [5.74, 6) is 1.10. The summed E-state index contributed by atoms with van der Waals surface area (Å²) < 4.78 is 26.6. The Hall–Kier alpha value is -1.90. The number of hydrogen-bond donors (Lipinski definition) is 0. The van der Waals surface area contributed by atoms with Gasteiger partial charge in [-0.15, -0.1) is 0 Å². The van der Waals surface area contributed by atoms with Gasteiger partial charge in [0.1, 0.15) is 9.52 Å². The van der Waals surface area contributed by atoms with Crippen LogP contribution in [0.1, 0.15) is 5.56 Å². The van der Waals surface area contributed by atoms with E-state index in [2.05, 4.69) is 32.7 Å². The molecule has 1 aromatic carbocycles. The molecule has 0 radical (unpaired) electrons. The van der Waals surface area contributed by atoms with Crippen molar-refractivity contribution in [3.8, 4) is 11.5 Å². The van der Waals surface area contributed by atoms with Crippen LogP contribution in [0.5, 0.6) is 11.5 Å². The van der Waals surface area contributed by atoms with Crippen LogP contribution in [0.3, 0.4) is 0 Å². The zero-order valence-corrected chi connectivity index (χ0v) is 12.9. The standard InChI is InChI=1S/C14H9FIN3O2/c15-9-4-10-13(16)18-19(14(10)17-5-9)6-8-2-1-3-11-12(8)21-7-20-11/h1-5H,6-7H2. The van der Waals surface area contributed by atoms with Crippen molar-refractivity contribution in [1.82, 2.24) is 14.8 Å². The molecule has 2 aromatic heterocycles. The van der Waals surface area contributed by atoms with Gasteiger partial charge in [0.15, 0.2) is 17.1 Å². The van der Waals surface area contributed by atoms with Crippen LogP contribution in [0.25, 0.3) is 11.0 Å². The maximum absolute atomic E-state index is 13.3. The van der Waals surface area contributed by atoms with E-state index in [1.807, 2.05) is 18.2 Å². The highest BCUT2D eigenvalue weighted by atomic mass is 127. The molecule has 5 nitrogen and oxygen atoms in total. The van der Waals surface area contributed by atoms with E-state index >= 15 is 0 Å². The van der Waals surface area contributed by atoms with Crippen LogP contribution in [0.2, 0.25) is 0 Å². The lowest BCUT2D eigenvalue weighted by Crippen LogP contribution is -2.04. The number of para-hydroxylation sites is 1. The molecule has 21 heavy (non-hydrogen) atoms. The predicted octanol–water partition coefficient (Wildman–Crippen LogP) is 2.95. The van der Waals surface area contributed by atoms with E-state index in [1.165, 1.54) is 12.3 Å². The fraction of sp³-hybridized carbons (Fsp3) is 0.143. The van der Waals surface area contributed by atoms with Gasteiger partial charge in [0.25, 0.3) is 0 Å². The molecule has 0 bridgehead atoms. The van der Waals surface area contributed by atoms with Crippen LogP contribution >= 0.6 is 22.6 Å². The van der Waals surface area contributed by atoms with Crippen LogP contribution in [0.4, 0.5) is 4.39 Å². The molecule has 1 aliphatic rings. The van der Waals surface area contributed by atoms with Gasteiger partial charge in [-0.2, -0.15) is 5.10 Å². The van der Waals surface area contributed by atoms with E-state index in [0.29, 0.717) is 17.6 Å². The molecule has 0 aliphatic carbocycles. The quantitative estimate of drug-likeness (QED) is 0.625. The minimum atomic E-state index is -0.364. The molecule has 0 unspecified atom stereocenters. The summed E-state index contributed by atoms with van der Waals surface area (Å²) in [6.07, 6.45) is 1.20. The second-order valence-electron chi connectivity index (χ2n) is 4.62. The van der Waals surface area contributed by atoms with E-state index in [4.69, 9.17) is 9.47 Å². The first kappa shape index (κ1) is 12.8. The van der Waals surface area contributed by atoms with Crippen molar-refractivity contribution in [3.05, 3.63) is 45.5 Å². The summed E-state index contributed by atoms with van der Waals surface area (Å²) in [4.78, 5) is 4.14. The summed E-state index contributed by atoms with van der Waals surface area (Å²) in [7, 11) is 0. The number of fused-ring (bicyclic) bond motifs is 2. The molecule has 0 fully saturated rings. The van der Waals surface area contributed by atoms with E-state index in [9.17, 15) is 4.39 Å². The molecule has 0 amide bonds. The third kappa shape index (κ3) is 2.11. The van der Waals surface area contributed by atoms with Crippen molar-refractivity contribution >= 4 is 33.6 Å². The lowest BCUT2D eigenvalue weighted by Gasteiger charge is -2.06. The molecule has 7 heteroatoms. The normalized spacial score (nSPS) is 13.0. The van der Waals surface area contributed by atoms with E-state index < -0.39 is 0 Å². The van der Waals surface area contributed by atoms with Crippen LogP contribution < -0.4 is 9.47 Å². The van der Waals surface area contributed by atoms with Gasteiger partial charge in [0, 0.05) is 5.56 Å². The first-order valence-electron chi connectivity index (χ1n) is 6.27. The van der Waals surface area contributed by atoms with Crippen LogP contribution in [0, 0.1) is 9.52 Å². The number of halogens is 2. The number of rotatable bonds is 2. The van der Waals surface area contributed by atoms with Gasteiger partial charge in [-0.3, -0.25) is 0 Å². The Morgan fingerprint density at radius 1 is 1.33 bits per heavy atom. The molecular weight excluding hydrogens is 388 g/mol. The smallest absolute Gasteiger partial charge is 0.231 e. The molecule has 3 aromatic rings. The third-order valence-electron chi connectivity index (χ3n) is 3.31. The van der Waals surface area contributed by atoms with Gasteiger partial charge in [-0.05, 0) is 34.7 Å². The zero-order chi connectivity index (χ0) is 14.4. The second kappa shape index (κ2) is 4.83.